The average molecular weight is 166 g/mol. The molecule has 0 heterocycles. The summed E-state index contributed by atoms with van der Waals surface area (Å²) in [4.78, 5) is 0. The van der Waals surface area contributed by atoms with Crippen molar-refractivity contribution in [1.29, 1.82) is 0 Å². The molecule has 0 aromatic carbocycles. The van der Waals surface area contributed by atoms with Crippen LogP contribution in [0.2, 0.25) is 0 Å². The van der Waals surface area contributed by atoms with Crippen molar-refractivity contribution in [2.45, 2.75) is 13.8 Å². The van der Waals surface area contributed by atoms with Crippen LogP contribution in [0.25, 0.3) is 0 Å². The van der Waals surface area contributed by atoms with Gasteiger partial charge in [-0.15, -0.1) is 0 Å². The first-order valence-electron chi connectivity index (χ1n) is 3.69. The van der Waals surface area contributed by atoms with Crippen LogP contribution in [0, 0.1) is 0 Å². The lowest BCUT2D eigenvalue weighted by Crippen LogP contribution is -2.13. The molecule has 0 bridgehead atoms. The van der Waals surface area contributed by atoms with Crippen molar-refractivity contribution < 1.29 is 5.21 Å². The number of rotatable bonds is 3. The summed E-state index contributed by atoms with van der Waals surface area (Å²) < 4.78 is 0. The molecule has 66 valence electrons. The van der Waals surface area contributed by atoms with E-state index in [0.717, 1.165) is 0 Å². The predicted octanol–water partition coefficient (Wildman–Crippen LogP) is 1.81. The summed E-state index contributed by atoms with van der Waals surface area (Å²) in [6.07, 6.45) is 9.14. The van der Waals surface area contributed by atoms with Crippen LogP contribution in [0.15, 0.2) is 41.1 Å². The van der Waals surface area contributed by atoms with Gasteiger partial charge >= 0.3 is 0 Å². The van der Waals surface area contributed by atoms with Gasteiger partial charge < -0.3 is 10.9 Å². The van der Waals surface area contributed by atoms with Crippen LogP contribution in [0.5, 0.6) is 0 Å². The minimum absolute atomic E-state index is 0.123. The summed E-state index contributed by atoms with van der Waals surface area (Å²) in [6.45, 7) is 3.75. The van der Waals surface area contributed by atoms with Crippen LogP contribution in [0.3, 0.4) is 0 Å². The van der Waals surface area contributed by atoms with E-state index in [1.54, 1.807) is 12.2 Å². The zero-order valence-corrected chi connectivity index (χ0v) is 7.36. The minimum Gasteiger partial charge on any atom is -0.409 e. The Morgan fingerprint density at radius 3 is 2.42 bits per heavy atom. The Labute approximate surface area is 72.6 Å². The van der Waals surface area contributed by atoms with E-state index in [1.807, 2.05) is 32.1 Å². The molecule has 3 N–H and O–H groups in total. The second-order valence-corrected chi connectivity index (χ2v) is 2.11. The van der Waals surface area contributed by atoms with Gasteiger partial charge in [0.2, 0.25) is 0 Å². The van der Waals surface area contributed by atoms with Crippen LogP contribution >= 0.6 is 0 Å². The van der Waals surface area contributed by atoms with Gasteiger partial charge in [0.25, 0.3) is 0 Å². The molecule has 0 fully saturated rings. The van der Waals surface area contributed by atoms with Crippen molar-refractivity contribution in [2.24, 2.45) is 10.9 Å². The van der Waals surface area contributed by atoms with Gasteiger partial charge in [-0.3, -0.25) is 0 Å². The molecule has 0 radical (unpaired) electrons. The first-order chi connectivity index (χ1) is 5.76. The van der Waals surface area contributed by atoms with Gasteiger partial charge in [0.1, 0.15) is 0 Å². The Kier molecular flexibility index (Phi) is 5.43. The molecule has 0 aromatic heterocycles. The third kappa shape index (κ3) is 3.61. The maximum atomic E-state index is 8.36. The van der Waals surface area contributed by atoms with E-state index in [-0.39, 0.29) is 5.84 Å². The van der Waals surface area contributed by atoms with Crippen LogP contribution < -0.4 is 5.73 Å². The zero-order valence-electron chi connectivity index (χ0n) is 7.36. The number of hydrogen-bond donors (Lipinski definition) is 2. The minimum atomic E-state index is 0.123. The van der Waals surface area contributed by atoms with Crippen molar-refractivity contribution in [3.63, 3.8) is 0 Å². The fourth-order valence-corrected chi connectivity index (χ4v) is 0.658. The number of nitrogens with zero attached hydrogens (tertiary/aromatic N) is 1. The molecule has 0 saturated heterocycles. The van der Waals surface area contributed by atoms with Crippen LogP contribution in [-0.2, 0) is 0 Å². The highest BCUT2D eigenvalue weighted by atomic mass is 16.4. The molecular weight excluding hydrogens is 152 g/mol. The maximum absolute atomic E-state index is 8.36. The second kappa shape index (κ2) is 6.22. The molecule has 0 saturated carbocycles. The Morgan fingerprint density at radius 1 is 1.33 bits per heavy atom. The van der Waals surface area contributed by atoms with Gasteiger partial charge in [-0.1, -0.05) is 35.5 Å². The Bertz CT molecular complexity index is 237. The molecule has 0 aliphatic heterocycles. The van der Waals surface area contributed by atoms with E-state index in [9.17, 15) is 0 Å². The fraction of sp³-hybridized carbons (Fsp3) is 0.222. The topological polar surface area (TPSA) is 58.6 Å². The molecule has 3 heteroatoms. The van der Waals surface area contributed by atoms with Crippen molar-refractivity contribution in [2.75, 3.05) is 0 Å². The number of hydrogen-bond acceptors (Lipinski definition) is 2. The van der Waals surface area contributed by atoms with E-state index in [4.69, 9.17) is 10.9 Å². The highest BCUT2D eigenvalue weighted by molar-refractivity contribution is 5.98. The van der Waals surface area contributed by atoms with Crippen LogP contribution in [0.4, 0.5) is 0 Å². The van der Waals surface area contributed by atoms with Gasteiger partial charge in [0.05, 0.1) is 0 Å². The molecule has 12 heavy (non-hydrogen) atoms. The van der Waals surface area contributed by atoms with Crippen molar-refractivity contribution in [1.82, 2.24) is 0 Å². The lowest BCUT2D eigenvalue weighted by molar-refractivity contribution is 0.318. The smallest absolute Gasteiger partial charge is 0.169 e. The van der Waals surface area contributed by atoms with Crippen molar-refractivity contribution in [3.05, 3.63) is 36.0 Å². The van der Waals surface area contributed by atoms with E-state index < -0.39 is 0 Å². The lowest BCUT2D eigenvalue weighted by atomic mass is 10.2. The van der Waals surface area contributed by atoms with Gasteiger partial charge in [0, 0.05) is 5.57 Å². The largest absolute Gasteiger partial charge is 0.409 e. The molecular formula is C9H14N2O. The summed E-state index contributed by atoms with van der Waals surface area (Å²) >= 11 is 0. The van der Waals surface area contributed by atoms with E-state index in [2.05, 4.69) is 5.16 Å². The molecule has 0 rings (SSSR count). The molecule has 0 atom stereocenters. The summed E-state index contributed by atoms with van der Waals surface area (Å²) in [5.41, 5.74) is 6.07. The molecule has 0 amide bonds. The predicted molar refractivity (Wildman–Crippen MR) is 51.1 cm³/mol. The molecule has 0 aliphatic rings. The first-order valence-corrected chi connectivity index (χ1v) is 3.69. The fourth-order valence-electron chi connectivity index (χ4n) is 0.658. The summed E-state index contributed by atoms with van der Waals surface area (Å²) in [5, 5.41) is 11.3. The Hall–Kier alpha value is -1.51. The Morgan fingerprint density at radius 2 is 2.00 bits per heavy atom. The third-order valence-corrected chi connectivity index (χ3v) is 1.29. The highest BCUT2D eigenvalue weighted by Crippen LogP contribution is 1.96. The summed E-state index contributed by atoms with van der Waals surface area (Å²) in [7, 11) is 0. The van der Waals surface area contributed by atoms with Crippen molar-refractivity contribution in [3.8, 4) is 0 Å². The standard InChI is InChI=1S/C9H14N2O/c1-3-5-6-7-8(4-2)9(10)11-12/h3-7,12H,1-2H3,(H2,10,11)/b5-3-,7-6-,8-4+. The number of nitrogens with two attached hydrogens (primary N) is 1. The summed E-state index contributed by atoms with van der Waals surface area (Å²) in [5.74, 6) is 0.123. The second-order valence-electron chi connectivity index (χ2n) is 2.11. The number of oxime groups is 1. The average Bonchev–Trinajstić information content (AvgIpc) is 2.11. The quantitative estimate of drug-likeness (QED) is 0.221. The van der Waals surface area contributed by atoms with Crippen LogP contribution in [-0.4, -0.2) is 11.0 Å². The molecule has 0 aromatic rings. The lowest BCUT2D eigenvalue weighted by Gasteiger charge is -1.95. The van der Waals surface area contributed by atoms with Gasteiger partial charge in [-0.2, -0.15) is 0 Å². The number of allylic oxidation sites excluding steroid dienone is 4. The highest BCUT2D eigenvalue weighted by Gasteiger charge is 1.94. The van der Waals surface area contributed by atoms with E-state index in [1.165, 1.54) is 0 Å². The maximum Gasteiger partial charge on any atom is 0.169 e. The van der Waals surface area contributed by atoms with Crippen LogP contribution in [0.1, 0.15) is 13.8 Å². The van der Waals surface area contributed by atoms with E-state index in [0.29, 0.717) is 5.57 Å². The molecule has 0 spiro atoms. The monoisotopic (exact) mass is 166 g/mol. The SMILES string of the molecule is C\C=C/C=C\C(=C/C)C(\N)=N\O. The number of amidine groups is 1. The zero-order chi connectivity index (χ0) is 9.40. The Balaban J connectivity index is 4.41. The van der Waals surface area contributed by atoms with Gasteiger partial charge in [-0.25, -0.2) is 0 Å². The van der Waals surface area contributed by atoms with Crippen molar-refractivity contribution >= 4 is 5.84 Å². The molecule has 0 unspecified atom stereocenters. The van der Waals surface area contributed by atoms with Gasteiger partial charge in [-0.05, 0) is 13.8 Å². The van der Waals surface area contributed by atoms with E-state index >= 15 is 0 Å². The summed E-state index contributed by atoms with van der Waals surface area (Å²) in [6, 6.07) is 0. The molecule has 0 aliphatic carbocycles. The third-order valence-electron chi connectivity index (χ3n) is 1.29. The normalized spacial score (nSPS) is 14.8. The first kappa shape index (κ1) is 10.5. The van der Waals surface area contributed by atoms with Gasteiger partial charge in [0.15, 0.2) is 5.84 Å². The molecule has 3 nitrogen and oxygen atoms in total.